The minimum absolute atomic E-state index is 0.108. The van der Waals surface area contributed by atoms with E-state index in [0.717, 1.165) is 36.9 Å². The van der Waals surface area contributed by atoms with Gasteiger partial charge in [0.25, 0.3) is 0 Å². The molecular weight excluding hydrogens is 430 g/mol. The molecule has 0 radical (unpaired) electrons. The van der Waals surface area contributed by atoms with Gasteiger partial charge in [-0.1, -0.05) is 30.7 Å². The summed E-state index contributed by atoms with van der Waals surface area (Å²) in [6, 6.07) is 7.15. The lowest BCUT2D eigenvalue weighted by molar-refractivity contribution is -0.151. The van der Waals surface area contributed by atoms with E-state index in [1.165, 1.54) is 7.11 Å². The molecule has 0 spiro atoms. The molecule has 2 aliphatic carbocycles. The molecular formula is C25H28ClNO5. The van der Waals surface area contributed by atoms with E-state index < -0.39 is 23.8 Å². The van der Waals surface area contributed by atoms with Crippen molar-refractivity contribution in [3.8, 4) is 0 Å². The number of dihydropyridines is 1. The Morgan fingerprint density at radius 2 is 1.91 bits per heavy atom. The van der Waals surface area contributed by atoms with Gasteiger partial charge in [-0.25, -0.2) is 4.79 Å². The van der Waals surface area contributed by atoms with Crippen LogP contribution in [0.2, 0.25) is 5.02 Å². The Bertz CT molecular complexity index is 1020. The zero-order valence-electron chi connectivity index (χ0n) is 18.6. The summed E-state index contributed by atoms with van der Waals surface area (Å²) in [5, 5.41) is 3.78. The number of hydrogen-bond donors (Lipinski definition) is 1. The fourth-order valence-corrected chi connectivity index (χ4v) is 5.39. The minimum Gasteiger partial charge on any atom is -0.468 e. The molecule has 1 N–H and O–H groups in total. The average molecular weight is 458 g/mol. The first-order valence-electron chi connectivity index (χ1n) is 11.1. The molecule has 0 bridgehead atoms. The van der Waals surface area contributed by atoms with Gasteiger partial charge in [0.15, 0.2) is 5.78 Å². The smallest absolute Gasteiger partial charge is 0.337 e. The van der Waals surface area contributed by atoms with E-state index >= 15 is 0 Å². The van der Waals surface area contributed by atoms with Crippen LogP contribution in [-0.4, -0.2) is 30.9 Å². The number of carbonyl (C=O) groups excluding carboxylic acids is 3. The number of ketones is 1. The summed E-state index contributed by atoms with van der Waals surface area (Å²) in [5.74, 6) is -3.10. The molecule has 0 amide bonds. The molecule has 6 nitrogen and oxygen atoms in total. The molecule has 7 heteroatoms. The zero-order valence-corrected chi connectivity index (χ0v) is 19.3. The van der Waals surface area contributed by atoms with Crippen LogP contribution in [0.5, 0.6) is 0 Å². The normalized spacial score (nSPS) is 26.0. The predicted octanol–water partition coefficient (Wildman–Crippen LogP) is 4.44. The van der Waals surface area contributed by atoms with E-state index in [4.69, 9.17) is 21.1 Å². The van der Waals surface area contributed by atoms with Crippen LogP contribution in [0.1, 0.15) is 57.4 Å². The number of benzene rings is 1. The lowest BCUT2D eigenvalue weighted by Crippen LogP contribution is -2.43. The van der Waals surface area contributed by atoms with E-state index in [-0.39, 0.29) is 17.8 Å². The second-order valence-electron chi connectivity index (χ2n) is 8.90. The maximum Gasteiger partial charge on any atom is 0.337 e. The largest absolute Gasteiger partial charge is 0.468 e. The number of carbonyl (C=O) groups is 3. The van der Waals surface area contributed by atoms with Crippen molar-refractivity contribution in [3.05, 3.63) is 57.4 Å². The summed E-state index contributed by atoms with van der Waals surface area (Å²) in [4.78, 5) is 39.5. The third kappa shape index (κ3) is 4.08. The highest BCUT2D eigenvalue weighted by Crippen LogP contribution is 2.46. The second-order valence-corrected chi connectivity index (χ2v) is 9.34. The highest BCUT2D eigenvalue weighted by atomic mass is 35.5. The molecule has 1 heterocycles. The second kappa shape index (κ2) is 9.10. The molecule has 1 aromatic rings. The Kier molecular flexibility index (Phi) is 6.42. The lowest BCUT2D eigenvalue weighted by atomic mass is 9.69. The zero-order chi connectivity index (χ0) is 23.0. The minimum atomic E-state index is -0.909. The van der Waals surface area contributed by atoms with E-state index in [9.17, 15) is 14.4 Å². The Balaban J connectivity index is 1.81. The van der Waals surface area contributed by atoms with Crippen LogP contribution >= 0.6 is 11.6 Å². The number of ether oxygens (including phenoxy) is 2. The number of esters is 2. The first-order chi connectivity index (χ1) is 15.3. The van der Waals surface area contributed by atoms with Crippen molar-refractivity contribution in [2.24, 2.45) is 11.8 Å². The van der Waals surface area contributed by atoms with Crippen molar-refractivity contribution in [3.63, 3.8) is 0 Å². The summed E-state index contributed by atoms with van der Waals surface area (Å²) >= 11 is 6.28. The van der Waals surface area contributed by atoms with Crippen LogP contribution < -0.4 is 5.32 Å². The summed E-state index contributed by atoms with van der Waals surface area (Å²) in [5.41, 5.74) is 2.93. The van der Waals surface area contributed by atoms with Gasteiger partial charge in [0.2, 0.25) is 0 Å². The molecule has 1 fully saturated rings. The van der Waals surface area contributed by atoms with Gasteiger partial charge in [0, 0.05) is 27.9 Å². The van der Waals surface area contributed by atoms with Crippen LogP contribution in [0.15, 0.2) is 46.8 Å². The van der Waals surface area contributed by atoms with Crippen LogP contribution in [0.25, 0.3) is 0 Å². The van der Waals surface area contributed by atoms with Gasteiger partial charge in [-0.3, -0.25) is 9.59 Å². The van der Waals surface area contributed by atoms with Gasteiger partial charge in [0.05, 0.1) is 12.7 Å². The van der Waals surface area contributed by atoms with E-state index in [1.54, 1.807) is 18.2 Å². The molecule has 0 aromatic heterocycles. The Labute approximate surface area is 193 Å². The maximum absolute atomic E-state index is 13.7. The number of allylic oxidation sites excluding steroid dienone is 3. The first-order valence-corrected chi connectivity index (χ1v) is 11.5. The maximum atomic E-state index is 13.7. The van der Waals surface area contributed by atoms with Crippen molar-refractivity contribution >= 4 is 29.3 Å². The number of Topliss-reactive ketones (excluding diaryl/α,β-unsaturated/α-hetero) is 1. The summed E-state index contributed by atoms with van der Waals surface area (Å²) in [6.07, 6.45) is 4.17. The molecule has 3 atom stereocenters. The van der Waals surface area contributed by atoms with Gasteiger partial charge in [-0.05, 0) is 62.6 Å². The number of nitrogens with one attached hydrogen (secondary N) is 1. The van der Waals surface area contributed by atoms with Gasteiger partial charge < -0.3 is 14.8 Å². The third-order valence-corrected chi connectivity index (χ3v) is 6.96. The molecule has 1 saturated carbocycles. The fourth-order valence-electron chi connectivity index (χ4n) is 5.19. The van der Waals surface area contributed by atoms with Gasteiger partial charge in [0.1, 0.15) is 12.0 Å². The van der Waals surface area contributed by atoms with E-state index in [1.807, 2.05) is 19.9 Å². The quantitative estimate of drug-likeness (QED) is 0.531. The van der Waals surface area contributed by atoms with Crippen LogP contribution in [-0.2, 0) is 23.9 Å². The molecule has 170 valence electrons. The van der Waals surface area contributed by atoms with Gasteiger partial charge in [-0.2, -0.15) is 0 Å². The summed E-state index contributed by atoms with van der Waals surface area (Å²) in [7, 11) is 1.29. The van der Waals surface area contributed by atoms with Crippen molar-refractivity contribution in [2.45, 2.75) is 58.0 Å². The molecule has 4 rings (SSSR count). The van der Waals surface area contributed by atoms with Crippen molar-refractivity contribution in [2.75, 3.05) is 7.11 Å². The molecule has 3 aliphatic rings. The number of halogens is 1. The average Bonchev–Trinajstić information content (AvgIpc) is 3.25. The molecule has 1 aromatic carbocycles. The number of rotatable bonds is 4. The van der Waals surface area contributed by atoms with Gasteiger partial charge in [-0.15, -0.1) is 0 Å². The van der Waals surface area contributed by atoms with Crippen molar-refractivity contribution < 1.29 is 23.9 Å². The molecule has 0 unspecified atom stereocenters. The number of methoxy groups -OCH3 is 1. The van der Waals surface area contributed by atoms with Gasteiger partial charge >= 0.3 is 11.9 Å². The lowest BCUT2D eigenvalue weighted by Gasteiger charge is -2.38. The van der Waals surface area contributed by atoms with Crippen LogP contribution in [0.3, 0.4) is 0 Å². The number of hydrogen-bond acceptors (Lipinski definition) is 6. The highest BCUT2D eigenvalue weighted by molar-refractivity contribution is 6.30. The SMILES string of the molecule is COC(=O)[C@H]1C(=O)C2=C(C[C@@H]1C)NC(C)=C(C(=O)OC1CCCC1)[C@H]2c1cccc(Cl)c1. The Morgan fingerprint density at radius 3 is 2.56 bits per heavy atom. The van der Waals surface area contributed by atoms with E-state index in [0.29, 0.717) is 28.3 Å². The predicted molar refractivity (Wildman–Crippen MR) is 120 cm³/mol. The Hall–Kier alpha value is -2.60. The van der Waals surface area contributed by atoms with Crippen LogP contribution in [0, 0.1) is 11.8 Å². The standard InChI is InChI=1S/C25H28ClNO5/c1-13-11-18-22(23(28)19(13)24(29)31-3)21(15-7-6-8-16(26)12-15)20(14(2)27-18)25(30)32-17-9-4-5-10-17/h6-8,12-13,17,19,21,27H,4-5,9-11H2,1-3H3/t13-,19+,21+/m0/s1. The monoisotopic (exact) mass is 457 g/mol. The highest BCUT2D eigenvalue weighted by Gasteiger charge is 2.47. The van der Waals surface area contributed by atoms with E-state index in [2.05, 4.69) is 5.32 Å². The first kappa shape index (κ1) is 22.6. The molecule has 32 heavy (non-hydrogen) atoms. The summed E-state index contributed by atoms with van der Waals surface area (Å²) < 4.78 is 10.8. The Morgan fingerprint density at radius 1 is 1.19 bits per heavy atom. The topological polar surface area (TPSA) is 81.7 Å². The van der Waals surface area contributed by atoms with Crippen molar-refractivity contribution in [1.82, 2.24) is 5.32 Å². The third-order valence-electron chi connectivity index (χ3n) is 6.72. The molecule has 1 aliphatic heterocycles. The van der Waals surface area contributed by atoms with Crippen molar-refractivity contribution in [1.29, 1.82) is 0 Å². The van der Waals surface area contributed by atoms with Crippen LogP contribution in [0.4, 0.5) is 0 Å². The molecule has 0 saturated heterocycles. The summed E-state index contributed by atoms with van der Waals surface area (Å²) in [6.45, 7) is 3.69. The fraction of sp³-hybridized carbons (Fsp3) is 0.480.